The van der Waals surface area contributed by atoms with E-state index in [0.717, 1.165) is 29.4 Å². The number of alkyl halides is 2. The van der Waals surface area contributed by atoms with Crippen molar-refractivity contribution in [2.45, 2.75) is 11.5 Å². The second kappa shape index (κ2) is 11.1. The summed E-state index contributed by atoms with van der Waals surface area (Å²) in [7, 11) is 0. The van der Waals surface area contributed by atoms with Crippen LogP contribution < -0.4 is 10.6 Å². The Hall–Kier alpha value is -4.11. The van der Waals surface area contributed by atoms with Crippen LogP contribution in [0.3, 0.4) is 0 Å². The molecule has 0 saturated carbocycles. The zero-order valence-corrected chi connectivity index (χ0v) is 18.8. The minimum Gasteiger partial charge on any atom is -0.456 e. The largest absolute Gasteiger partial charge is 0.456 e. The third-order valence-electron chi connectivity index (χ3n) is 5.13. The lowest BCUT2D eigenvalue weighted by Gasteiger charge is -2.38. The molecule has 0 amide bonds. The van der Waals surface area contributed by atoms with Crippen LogP contribution in [-0.2, 0) is 11.5 Å². The number of benzene rings is 2. The van der Waals surface area contributed by atoms with Gasteiger partial charge in [0, 0.05) is 30.6 Å². The normalized spacial score (nSPS) is 13.4. The summed E-state index contributed by atoms with van der Waals surface area (Å²) in [6.07, 6.45) is 3.44. The van der Waals surface area contributed by atoms with Crippen molar-refractivity contribution in [1.82, 2.24) is 9.99 Å². The van der Waals surface area contributed by atoms with Crippen LogP contribution in [-0.4, -0.2) is 34.4 Å². The fourth-order valence-electron chi connectivity index (χ4n) is 3.34. The second-order valence-electron chi connectivity index (χ2n) is 7.62. The molecule has 7 nitrogen and oxygen atoms in total. The van der Waals surface area contributed by atoms with Crippen molar-refractivity contribution >= 4 is 6.21 Å². The molecule has 36 heavy (non-hydrogen) atoms. The lowest BCUT2D eigenvalue weighted by molar-refractivity contribution is -0.207. The predicted octanol–water partition coefficient (Wildman–Crippen LogP) is 4.39. The number of nitriles is 1. The highest BCUT2D eigenvalue weighted by Gasteiger charge is 2.57. The number of nitrogens with two attached hydrogens (primary N) is 1. The molecule has 3 N–H and O–H groups in total. The van der Waals surface area contributed by atoms with E-state index in [0.29, 0.717) is 17.4 Å². The van der Waals surface area contributed by atoms with Gasteiger partial charge in [-0.1, -0.05) is 12.6 Å². The molecular weight excluding hydrogens is 478 g/mol. The molecule has 1 heterocycles. The fraction of sp³-hybridized carbons (Fsp3) is 0.160. The molecule has 3 aromatic rings. The van der Waals surface area contributed by atoms with Gasteiger partial charge in [-0.15, -0.1) is 0 Å². The van der Waals surface area contributed by atoms with Crippen LogP contribution in [0.25, 0.3) is 0 Å². The Morgan fingerprint density at radius 3 is 2.42 bits per heavy atom. The van der Waals surface area contributed by atoms with Crippen molar-refractivity contribution in [1.29, 1.82) is 5.26 Å². The van der Waals surface area contributed by atoms with Crippen LogP contribution in [0.5, 0.6) is 11.5 Å². The average molecular weight is 499 g/mol. The van der Waals surface area contributed by atoms with E-state index in [4.69, 9.17) is 15.8 Å². The van der Waals surface area contributed by atoms with Crippen LogP contribution in [0.1, 0.15) is 16.8 Å². The number of halogens is 4. The Labute approximate surface area is 204 Å². The number of hydrogen-bond acceptors (Lipinski definition) is 7. The molecule has 0 aliphatic rings. The molecule has 0 saturated heterocycles. The number of hydrogen-bond donors (Lipinski definition) is 2. The summed E-state index contributed by atoms with van der Waals surface area (Å²) in [6, 6.07) is 12.0. The van der Waals surface area contributed by atoms with Crippen molar-refractivity contribution in [2.24, 2.45) is 10.8 Å². The third kappa shape index (κ3) is 5.75. The summed E-state index contributed by atoms with van der Waals surface area (Å²) in [6.45, 7) is 2.23. The van der Waals surface area contributed by atoms with E-state index in [-0.39, 0.29) is 12.3 Å². The van der Waals surface area contributed by atoms with E-state index in [1.807, 2.05) is 6.07 Å². The van der Waals surface area contributed by atoms with E-state index in [9.17, 15) is 13.9 Å². The molecule has 2 aromatic carbocycles. The van der Waals surface area contributed by atoms with Crippen molar-refractivity contribution in [2.75, 3.05) is 13.1 Å². The zero-order chi connectivity index (χ0) is 26.3. The number of nitrogens with zero attached hydrogens (tertiary/aromatic N) is 4. The van der Waals surface area contributed by atoms with Crippen molar-refractivity contribution in [3.05, 3.63) is 102 Å². The number of aliphatic hydroxyl groups is 1. The molecular formula is C25H21F4N5O2. The SMILES string of the molecule is C=CN=CCN(N)CC(O)(c1ccc(F)cc1F)C(F)(F)c1ccc(Oc2ccc(C#N)cc2)cn1. The fourth-order valence-corrected chi connectivity index (χ4v) is 3.34. The van der Waals surface area contributed by atoms with Gasteiger partial charge in [0.05, 0.1) is 24.4 Å². The Kier molecular flexibility index (Phi) is 8.16. The predicted molar refractivity (Wildman–Crippen MR) is 124 cm³/mol. The van der Waals surface area contributed by atoms with Gasteiger partial charge in [0.15, 0.2) is 5.60 Å². The lowest BCUT2D eigenvalue weighted by Crippen LogP contribution is -2.54. The molecule has 3 rings (SSSR count). The first-order valence-electron chi connectivity index (χ1n) is 10.4. The summed E-state index contributed by atoms with van der Waals surface area (Å²) in [5, 5.41) is 20.9. The number of hydrazine groups is 1. The number of aliphatic imine (C=N–C) groups is 1. The Bertz CT molecular complexity index is 1280. The van der Waals surface area contributed by atoms with Gasteiger partial charge in [-0.2, -0.15) is 14.0 Å². The van der Waals surface area contributed by atoms with Gasteiger partial charge in [0.2, 0.25) is 0 Å². The Morgan fingerprint density at radius 2 is 1.83 bits per heavy atom. The van der Waals surface area contributed by atoms with Gasteiger partial charge >= 0.3 is 5.92 Å². The third-order valence-corrected chi connectivity index (χ3v) is 5.13. The first kappa shape index (κ1) is 26.5. The monoisotopic (exact) mass is 499 g/mol. The summed E-state index contributed by atoms with van der Waals surface area (Å²) in [5.74, 6) is -0.371. The molecule has 1 atom stereocenters. The van der Waals surface area contributed by atoms with E-state index >= 15 is 8.78 Å². The summed E-state index contributed by atoms with van der Waals surface area (Å²) in [4.78, 5) is 7.42. The maximum atomic E-state index is 15.8. The number of rotatable bonds is 10. The van der Waals surface area contributed by atoms with Gasteiger partial charge in [0.25, 0.3) is 0 Å². The molecule has 0 spiro atoms. The van der Waals surface area contributed by atoms with E-state index < -0.39 is 41.0 Å². The molecule has 1 aromatic heterocycles. The number of pyridine rings is 1. The summed E-state index contributed by atoms with van der Waals surface area (Å²) >= 11 is 0. The molecule has 0 aliphatic heterocycles. The van der Waals surface area contributed by atoms with Crippen molar-refractivity contribution < 1.29 is 27.4 Å². The van der Waals surface area contributed by atoms with Gasteiger partial charge in [-0.05, 0) is 42.5 Å². The lowest BCUT2D eigenvalue weighted by atomic mass is 9.84. The molecule has 0 aliphatic carbocycles. The van der Waals surface area contributed by atoms with Gasteiger partial charge in [-0.3, -0.25) is 15.8 Å². The minimum absolute atomic E-state index is 0.0943. The minimum atomic E-state index is -4.19. The standard InChI is InChI=1S/C25H21F4N5O2/c1-2-32-11-12-34(31)16-24(35,21-9-5-18(26)13-22(21)27)25(28,29)23-10-8-20(15-33-23)36-19-6-3-17(14-30)4-7-19/h2-11,13,15,35H,1,12,16,31H2. The number of aromatic nitrogens is 1. The van der Waals surface area contributed by atoms with Crippen LogP contribution >= 0.6 is 0 Å². The molecule has 1 unspecified atom stereocenters. The van der Waals surface area contributed by atoms with E-state index in [2.05, 4.69) is 16.6 Å². The van der Waals surface area contributed by atoms with E-state index in [1.54, 1.807) is 0 Å². The molecule has 0 fully saturated rings. The number of ether oxygens (including phenoxy) is 1. The highest BCUT2D eigenvalue weighted by molar-refractivity contribution is 5.60. The summed E-state index contributed by atoms with van der Waals surface area (Å²) in [5.41, 5.74) is -4.62. The van der Waals surface area contributed by atoms with Gasteiger partial charge in [-0.25, -0.2) is 13.8 Å². The van der Waals surface area contributed by atoms with Crippen molar-refractivity contribution in [3.8, 4) is 17.6 Å². The van der Waals surface area contributed by atoms with E-state index in [1.165, 1.54) is 42.7 Å². The molecule has 186 valence electrons. The van der Waals surface area contributed by atoms with Crippen molar-refractivity contribution in [3.63, 3.8) is 0 Å². The summed E-state index contributed by atoms with van der Waals surface area (Å²) < 4.78 is 65.2. The quantitative estimate of drug-likeness (QED) is 0.185. The maximum Gasteiger partial charge on any atom is 0.323 e. The van der Waals surface area contributed by atoms with Crippen LogP contribution in [0.4, 0.5) is 17.6 Å². The van der Waals surface area contributed by atoms with Gasteiger partial charge < -0.3 is 9.84 Å². The highest BCUT2D eigenvalue weighted by Crippen LogP contribution is 2.46. The molecule has 0 radical (unpaired) electrons. The van der Waals surface area contributed by atoms with Crippen LogP contribution in [0.2, 0.25) is 0 Å². The first-order valence-corrected chi connectivity index (χ1v) is 10.4. The van der Waals surface area contributed by atoms with Gasteiger partial charge in [0.1, 0.15) is 28.8 Å². The topological polar surface area (TPSA) is 108 Å². The molecule has 0 bridgehead atoms. The first-order chi connectivity index (χ1) is 17.1. The Morgan fingerprint density at radius 1 is 1.14 bits per heavy atom. The average Bonchev–Trinajstić information content (AvgIpc) is 2.84. The molecule has 11 heteroatoms. The van der Waals surface area contributed by atoms with Crippen LogP contribution in [0.15, 0.2) is 78.6 Å². The maximum absolute atomic E-state index is 15.8. The smallest absolute Gasteiger partial charge is 0.323 e. The van der Waals surface area contributed by atoms with Crippen LogP contribution in [0, 0.1) is 23.0 Å². The zero-order valence-electron chi connectivity index (χ0n) is 18.8. The second-order valence-corrected chi connectivity index (χ2v) is 7.62. The Balaban J connectivity index is 1.95. The highest BCUT2D eigenvalue weighted by atomic mass is 19.3.